The predicted molar refractivity (Wildman–Crippen MR) is 56.4 cm³/mol. The maximum Gasteiger partial charge on any atom is 0.225 e. The Morgan fingerprint density at radius 3 is 3.19 bits per heavy atom. The molecule has 0 aliphatic carbocycles. The fraction of sp³-hybridized carbons (Fsp3) is 0.636. The standard InChI is InChI=1S/C11H15N3O2/c15-11(12-6-8-3-4-13-16-8)9-5-7-1-2-10(9)14-7/h3-4,7,9-10,14H,1-2,5-6H2,(H,12,15). The molecule has 1 amide bonds. The molecule has 0 radical (unpaired) electrons. The van der Waals surface area contributed by atoms with Crippen LogP contribution in [0.4, 0.5) is 0 Å². The van der Waals surface area contributed by atoms with Gasteiger partial charge in [-0.3, -0.25) is 4.79 Å². The molecule has 0 aromatic carbocycles. The van der Waals surface area contributed by atoms with Crippen LogP contribution in [-0.4, -0.2) is 23.1 Å². The van der Waals surface area contributed by atoms with Crippen LogP contribution in [0.3, 0.4) is 0 Å². The lowest BCUT2D eigenvalue weighted by molar-refractivity contribution is -0.125. The van der Waals surface area contributed by atoms with E-state index in [-0.39, 0.29) is 11.8 Å². The molecule has 0 spiro atoms. The van der Waals surface area contributed by atoms with Crippen molar-refractivity contribution >= 4 is 5.91 Å². The Balaban J connectivity index is 1.54. The topological polar surface area (TPSA) is 67.2 Å². The highest BCUT2D eigenvalue weighted by atomic mass is 16.5. The summed E-state index contributed by atoms with van der Waals surface area (Å²) in [5.74, 6) is 0.974. The number of carbonyl (C=O) groups excluding carboxylic acids is 1. The highest BCUT2D eigenvalue weighted by Crippen LogP contribution is 2.33. The highest BCUT2D eigenvalue weighted by molar-refractivity contribution is 5.80. The molecule has 1 aromatic rings. The number of nitrogens with one attached hydrogen (secondary N) is 2. The molecule has 2 fully saturated rings. The van der Waals surface area contributed by atoms with Gasteiger partial charge in [0.25, 0.3) is 0 Å². The Morgan fingerprint density at radius 1 is 1.62 bits per heavy atom. The number of hydrogen-bond acceptors (Lipinski definition) is 4. The van der Waals surface area contributed by atoms with Crippen molar-refractivity contribution in [3.63, 3.8) is 0 Å². The van der Waals surface area contributed by atoms with Gasteiger partial charge in [0.05, 0.1) is 18.7 Å². The van der Waals surface area contributed by atoms with Crippen LogP contribution >= 0.6 is 0 Å². The summed E-state index contributed by atoms with van der Waals surface area (Å²) in [6.07, 6.45) is 4.91. The fourth-order valence-corrected chi connectivity index (χ4v) is 2.75. The number of carbonyl (C=O) groups is 1. The number of nitrogens with zero attached hydrogens (tertiary/aromatic N) is 1. The second kappa shape index (κ2) is 3.90. The zero-order valence-corrected chi connectivity index (χ0v) is 8.98. The third-order valence-corrected chi connectivity index (χ3v) is 3.56. The largest absolute Gasteiger partial charge is 0.360 e. The molecule has 16 heavy (non-hydrogen) atoms. The molecule has 2 aliphatic heterocycles. The van der Waals surface area contributed by atoms with Crippen molar-refractivity contribution in [1.29, 1.82) is 0 Å². The lowest BCUT2D eigenvalue weighted by Crippen LogP contribution is -2.37. The Kier molecular flexibility index (Phi) is 2.40. The summed E-state index contributed by atoms with van der Waals surface area (Å²) in [5, 5.41) is 9.95. The maximum absolute atomic E-state index is 11.9. The van der Waals surface area contributed by atoms with Crippen molar-refractivity contribution in [3.05, 3.63) is 18.0 Å². The molecule has 3 unspecified atom stereocenters. The van der Waals surface area contributed by atoms with Gasteiger partial charge in [0.2, 0.25) is 5.91 Å². The average Bonchev–Trinajstić information content (AvgIpc) is 3.01. The van der Waals surface area contributed by atoms with Gasteiger partial charge in [-0.15, -0.1) is 0 Å². The highest BCUT2D eigenvalue weighted by Gasteiger charge is 2.42. The van der Waals surface area contributed by atoms with E-state index in [1.54, 1.807) is 12.3 Å². The van der Waals surface area contributed by atoms with Crippen LogP contribution in [-0.2, 0) is 11.3 Å². The molecule has 86 valence electrons. The lowest BCUT2D eigenvalue weighted by atomic mass is 9.88. The summed E-state index contributed by atoms with van der Waals surface area (Å²) < 4.78 is 4.93. The second-order valence-corrected chi connectivity index (χ2v) is 4.59. The van der Waals surface area contributed by atoms with Gasteiger partial charge in [-0.05, 0) is 19.3 Å². The van der Waals surface area contributed by atoms with Crippen LogP contribution in [0, 0.1) is 5.92 Å². The second-order valence-electron chi connectivity index (χ2n) is 4.59. The summed E-state index contributed by atoms with van der Waals surface area (Å²) in [7, 11) is 0. The first-order chi connectivity index (χ1) is 7.83. The van der Waals surface area contributed by atoms with Crippen LogP contribution in [0.25, 0.3) is 0 Å². The molecule has 2 saturated heterocycles. The van der Waals surface area contributed by atoms with Crippen molar-refractivity contribution in [2.45, 2.75) is 37.9 Å². The Bertz CT molecular complexity index is 377. The van der Waals surface area contributed by atoms with Gasteiger partial charge in [-0.2, -0.15) is 0 Å². The Labute approximate surface area is 93.6 Å². The SMILES string of the molecule is O=C(NCc1ccno1)C1CC2CCC1N2. The zero-order chi connectivity index (χ0) is 11.0. The van der Waals surface area contributed by atoms with Gasteiger partial charge in [-0.25, -0.2) is 0 Å². The van der Waals surface area contributed by atoms with E-state index < -0.39 is 0 Å². The van der Waals surface area contributed by atoms with Gasteiger partial charge in [0, 0.05) is 18.2 Å². The number of fused-ring (bicyclic) bond motifs is 2. The maximum atomic E-state index is 11.9. The van der Waals surface area contributed by atoms with Crippen LogP contribution in [0.2, 0.25) is 0 Å². The predicted octanol–water partition coefficient (Wildman–Crippen LogP) is 0.431. The third kappa shape index (κ3) is 1.71. The lowest BCUT2D eigenvalue weighted by Gasteiger charge is -2.18. The monoisotopic (exact) mass is 221 g/mol. The van der Waals surface area contributed by atoms with Crippen molar-refractivity contribution in [3.8, 4) is 0 Å². The first-order valence-electron chi connectivity index (χ1n) is 5.76. The molecule has 5 heteroatoms. The van der Waals surface area contributed by atoms with E-state index in [0.717, 1.165) is 12.8 Å². The molecule has 2 bridgehead atoms. The van der Waals surface area contributed by atoms with Crippen LogP contribution in [0.15, 0.2) is 16.8 Å². The smallest absolute Gasteiger partial charge is 0.225 e. The molecular formula is C11H15N3O2. The minimum Gasteiger partial charge on any atom is -0.360 e. The molecule has 0 saturated carbocycles. The normalized spacial score (nSPS) is 31.9. The molecule has 3 atom stereocenters. The van der Waals surface area contributed by atoms with E-state index in [1.165, 1.54) is 6.42 Å². The zero-order valence-electron chi connectivity index (χ0n) is 8.98. The van der Waals surface area contributed by atoms with Crippen LogP contribution in [0.5, 0.6) is 0 Å². The van der Waals surface area contributed by atoms with E-state index in [4.69, 9.17) is 4.52 Å². The van der Waals surface area contributed by atoms with E-state index in [0.29, 0.717) is 24.4 Å². The van der Waals surface area contributed by atoms with Gasteiger partial charge >= 0.3 is 0 Å². The van der Waals surface area contributed by atoms with Crippen molar-refractivity contribution in [1.82, 2.24) is 15.8 Å². The van der Waals surface area contributed by atoms with E-state index >= 15 is 0 Å². The van der Waals surface area contributed by atoms with Gasteiger partial charge in [0.15, 0.2) is 5.76 Å². The molecule has 3 rings (SSSR count). The fourth-order valence-electron chi connectivity index (χ4n) is 2.75. The van der Waals surface area contributed by atoms with Crippen molar-refractivity contribution < 1.29 is 9.32 Å². The summed E-state index contributed by atoms with van der Waals surface area (Å²) in [6, 6.07) is 2.71. The molecule has 5 nitrogen and oxygen atoms in total. The van der Waals surface area contributed by atoms with E-state index in [1.807, 2.05) is 0 Å². The summed E-state index contributed by atoms with van der Waals surface area (Å²) in [4.78, 5) is 11.9. The number of rotatable bonds is 3. The Hall–Kier alpha value is -1.36. The number of amides is 1. The summed E-state index contributed by atoms with van der Waals surface area (Å²) in [6.45, 7) is 0.437. The quantitative estimate of drug-likeness (QED) is 0.776. The first-order valence-corrected chi connectivity index (χ1v) is 5.76. The van der Waals surface area contributed by atoms with Crippen LogP contribution in [0.1, 0.15) is 25.0 Å². The molecule has 2 N–H and O–H groups in total. The summed E-state index contributed by atoms with van der Waals surface area (Å²) >= 11 is 0. The van der Waals surface area contributed by atoms with E-state index in [9.17, 15) is 4.79 Å². The minimum atomic E-state index is 0.135. The molecule has 3 heterocycles. The van der Waals surface area contributed by atoms with Gasteiger partial charge in [-0.1, -0.05) is 5.16 Å². The molecular weight excluding hydrogens is 206 g/mol. The first kappa shape index (κ1) is 9.84. The molecule has 2 aliphatic rings. The van der Waals surface area contributed by atoms with Crippen molar-refractivity contribution in [2.24, 2.45) is 5.92 Å². The third-order valence-electron chi connectivity index (χ3n) is 3.56. The average molecular weight is 221 g/mol. The van der Waals surface area contributed by atoms with Crippen LogP contribution < -0.4 is 10.6 Å². The Morgan fingerprint density at radius 2 is 2.56 bits per heavy atom. The minimum absolute atomic E-state index is 0.135. The van der Waals surface area contributed by atoms with Crippen molar-refractivity contribution in [2.75, 3.05) is 0 Å². The summed E-state index contributed by atoms with van der Waals surface area (Å²) in [5.41, 5.74) is 0. The van der Waals surface area contributed by atoms with Gasteiger partial charge in [0.1, 0.15) is 0 Å². The molecule has 1 aromatic heterocycles. The van der Waals surface area contributed by atoms with Gasteiger partial charge < -0.3 is 15.2 Å². The number of aromatic nitrogens is 1. The number of hydrogen-bond donors (Lipinski definition) is 2. The van der Waals surface area contributed by atoms with E-state index in [2.05, 4.69) is 15.8 Å².